The van der Waals surface area contributed by atoms with Crippen LogP contribution in [0.5, 0.6) is 0 Å². The van der Waals surface area contributed by atoms with E-state index in [1.54, 1.807) is 0 Å². The average molecular weight is 1490 g/mol. The number of hydrogen-bond acceptors (Lipinski definition) is 3. The Morgan fingerprint density at radius 1 is 0.191 bits per heavy atom. The number of phosphoric ester groups is 1. The van der Waals surface area contributed by atoms with Crippen molar-refractivity contribution < 1.29 is 256 Å². The number of alkyl halides is 54. The largest absolute Gasteiger partial charge is 0.472 e. The van der Waals surface area contributed by atoms with E-state index in [1.807, 2.05) is 0 Å². The zero-order valence-corrected chi connectivity index (χ0v) is 39.3. The minimum absolute atomic E-state index is 2.80. The summed E-state index contributed by atoms with van der Waals surface area (Å²) < 4.78 is 754. The van der Waals surface area contributed by atoms with Gasteiger partial charge < -0.3 is 4.89 Å². The van der Waals surface area contributed by atoms with Gasteiger partial charge in [-0.15, -0.1) is 0 Å². The van der Waals surface area contributed by atoms with Gasteiger partial charge in [-0.2, -0.15) is 237 Å². The normalized spacial score (nSPS) is 17.2. The molecule has 536 valence electrons. The molecule has 0 aliphatic rings. The van der Waals surface area contributed by atoms with Crippen LogP contribution >= 0.6 is 7.82 Å². The van der Waals surface area contributed by atoms with E-state index < -0.39 is 188 Å². The molecule has 0 radical (unpaired) electrons. The van der Waals surface area contributed by atoms with Crippen LogP contribution in [0.3, 0.4) is 0 Å². The Hall–Kier alpha value is -3.67. The second-order valence-electron chi connectivity index (χ2n) is 16.7. The molecule has 0 heterocycles. The minimum Gasteiger partial charge on any atom is -0.302 e. The Kier molecular flexibility index (Phi) is 20.8. The minimum atomic E-state index is -10.2. The van der Waals surface area contributed by atoms with Gasteiger partial charge in [0.25, 0.3) is 0 Å². The Bertz CT molecular complexity index is 2380. The smallest absolute Gasteiger partial charge is 0.302 e. The lowest BCUT2D eigenvalue weighted by molar-refractivity contribution is -0.485. The van der Waals surface area contributed by atoms with Gasteiger partial charge in [-0.25, -0.2) is 4.57 Å². The van der Waals surface area contributed by atoms with Crippen LogP contribution in [0.15, 0.2) is 0 Å². The molecule has 0 spiro atoms. The monoisotopic (exact) mass is 1490 g/mol. The molecule has 0 saturated carbocycles. The first-order valence-corrected chi connectivity index (χ1v) is 20.7. The van der Waals surface area contributed by atoms with Gasteiger partial charge >= 0.3 is 162 Å². The maximum atomic E-state index is 14.2. The topological polar surface area (TPSA) is 55.8 Å². The van der Waals surface area contributed by atoms with Crippen molar-refractivity contribution in [3.05, 3.63) is 0 Å². The number of rotatable bonds is 30. The Labute approximate surface area is 445 Å². The van der Waals surface area contributed by atoms with E-state index in [0.29, 0.717) is 0 Å². The predicted molar refractivity (Wildman–Crippen MR) is 162 cm³/mol. The molecule has 0 rings (SSSR count). The predicted octanol–water partition coefficient (Wildman–Crippen LogP) is 18.3. The third-order valence-corrected chi connectivity index (χ3v) is 11.9. The second kappa shape index (κ2) is 21.7. The number of halogens is 54. The summed E-state index contributed by atoms with van der Waals surface area (Å²) >= 11 is 0. The van der Waals surface area contributed by atoms with Crippen LogP contribution in [0, 0.1) is 0 Å². The third kappa shape index (κ3) is 11.0. The van der Waals surface area contributed by atoms with Crippen LogP contribution in [0.1, 0.15) is 12.8 Å². The standard InChI is InChI=1S/C30H9F54O4P/c31-5(32,7(35,36)9(39,40)11(43,44)13(47,48)15(51,52)17(55,56)19(59,60)21(63,64)23(67,68)25(71,72)27(75,76)29(79,80)81)1-3-87-89(85,86)88-4-2-6(33,34)8(37,38)10(41,42)12(45,46)14(49,50)16(53,54)18(57,58)20(61,62)22(65,66)24(69,70)26(73,74)28(77,78)30(82,83)84/h1-4H2,(H,85,86). The van der Waals surface area contributed by atoms with Crippen molar-refractivity contribution in [1.29, 1.82) is 0 Å². The molecule has 0 aromatic carbocycles. The maximum absolute atomic E-state index is 14.2. The van der Waals surface area contributed by atoms with Gasteiger partial charge in [-0.3, -0.25) is 9.05 Å². The summed E-state index contributed by atoms with van der Waals surface area (Å²) in [5, 5.41) is 0. The van der Waals surface area contributed by atoms with E-state index in [2.05, 4.69) is 9.05 Å². The molecule has 0 aromatic rings. The summed E-state index contributed by atoms with van der Waals surface area (Å²) in [5.41, 5.74) is 0. The lowest BCUT2D eigenvalue weighted by Gasteiger charge is -2.46. The van der Waals surface area contributed by atoms with Crippen molar-refractivity contribution in [1.82, 2.24) is 0 Å². The number of phosphoric acid groups is 1. The van der Waals surface area contributed by atoms with Crippen molar-refractivity contribution in [3.63, 3.8) is 0 Å². The van der Waals surface area contributed by atoms with Gasteiger partial charge in [0.05, 0.1) is 13.2 Å². The van der Waals surface area contributed by atoms with Gasteiger partial charge in [0.2, 0.25) is 0 Å². The van der Waals surface area contributed by atoms with Gasteiger partial charge in [-0.05, 0) is 0 Å². The SMILES string of the molecule is O=P(O)(OCCC(F)(F)C(F)(F)C(F)(F)C(F)(F)C(F)(F)C(F)(F)C(F)(F)C(F)(F)C(F)(F)C(F)(F)C(F)(F)C(F)(F)C(F)(F)F)OCCC(F)(F)C(F)(F)C(F)(F)C(F)(F)C(F)(F)C(F)(F)C(F)(F)C(F)(F)C(F)(F)C(F)(F)C(F)(F)C(F)(F)C(F)(F)F. The van der Waals surface area contributed by atoms with Crippen LogP contribution in [-0.2, 0) is 13.6 Å². The molecule has 0 fully saturated rings. The quantitative estimate of drug-likeness (QED) is 0.0575. The zero-order valence-electron chi connectivity index (χ0n) is 38.4. The summed E-state index contributed by atoms with van der Waals surface area (Å²) in [7, 11) is -7.48. The lowest BCUT2D eigenvalue weighted by atomic mass is 9.84. The molecule has 0 bridgehead atoms. The van der Waals surface area contributed by atoms with Crippen molar-refractivity contribution in [2.45, 2.75) is 167 Å². The zero-order chi connectivity index (χ0) is 73.7. The highest BCUT2D eigenvalue weighted by Gasteiger charge is 3.03. The Balaban J connectivity index is 7.04. The molecule has 59 heteroatoms. The molecule has 0 saturated heterocycles. The lowest BCUT2D eigenvalue weighted by Crippen LogP contribution is -2.78. The highest BCUT2D eigenvalue weighted by Crippen LogP contribution is 2.72. The fraction of sp³-hybridized carbons (Fsp3) is 1.00. The van der Waals surface area contributed by atoms with Gasteiger partial charge in [0.15, 0.2) is 0 Å². The number of hydrogen-bond donors (Lipinski definition) is 1. The molecule has 4 nitrogen and oxygen atoms in total. The average Bonchev–Trinajstić information content (AvgIpc) is 3.28. The van der Waals surface area contributed by atoms with Crippen LogP contribution in [-0.4, -0.2) is 173 Å². The second-order valence-corrected chi connectivity index (χ2v) is 18.1. The first-order chi connectivity index (χ1) is 37.4. The molecule has 89 heavy (non-hydrogen) atoms. The molecule has 0 aliphatic carbocycles. The van der Waals surface area contributed by atoms with E-state index in [4.69, 9.17) is 4.89 Å². The van der Waals surface area contributed by atoms with E-state index >= 15 is 0 Å². The maximum Gasteiger partial charge on any atom is 0.472 e. The third-order valence-electron chi connectivity index (χ3n) is 10.9. The van der Waals surface area contributed by atoms with Crippen molar-refractivity contribution in [2.24, 2.45) is 0 Å². The van der Waals surface area contributed by atoms with Crippen LogP contribution in [0.4, 0.5) is 237 Å². The molecular weight excluding hydrogens is 1480 g/mol. The van der Waals surface area contributed by atoms with Crippen molar-refractivity contribution in [2.75, 3.05) is 13.2 Å². The summed E-state index contributed by atoms with van der Waals surface area (Å²) in [6, 6.07) is 0. The highest BCUT2D eigenvalue weighted by atomic mass is 31.2. The molecular formula is C30H9F54O4P. The van der Waals surface area contributed by atoms with Crippen molar-refractivity contribution >= 4 is 7.82 Å². The molecule has 0 aliphatic heterocycles. The highest BCUT2D eigenvalue weighted by molar-refractivity contribution is 7.47. The van der Waals surface area contributed by atoms with E-state index in [0.717, 1.165) is 0 Å². The van der Waals surface area contributed by atoms with Crippen LogP contribution in [0.2, 0.25) is 0 Å². The summed E-state index contributed by atoms with van der Waals surface area (Å²) in [6.07, 6.45) is -25.5. The van der Waals surface area contributed by atoms with Crippen LogP contribution < -0.4 is 0 Å². The fourth-order valence-electron chi connectivity index (χ4n) is 5.29. The van der Waals surface area contributed by atoms with Gasteiger partial charge in [0.1, 0.15) is 0 Å². The molecule has 0 unspecified atom stereocenters. The molecule has 0 atom stereocenters. The van der Waals surface area contributed by atoms with Crippen molar-refractivity contribution in [3.8, 4) is 0 Å². The first kappa shape index (κ1) is 85.3. The Morgan fingerprint density at radius 3 is 0.404 bits per heavy atom. The molecule has 0 amide bonds. The summed E-state index contributed by atoms with van der Waals surface area (Å²) in [6.45, 7) is -7.21. The Morgan fingerprint density at radius 2 is 0.292 bits per heavy atom. The fourth-order valence-corrected chi connectivity index (χ4v) is 6.01. The van der Waals surface area contributed by atoms with Gasteiger partial charge in [0, 0.05) is 12.8 Å². The molecule has 1 N–H and O–H groups in total. The van der Waals surface area contributed by atoms with E-state index in [-0.39, 0.29) is 0 Å². The van der Waals surface area contributed by atoms with E-state index in [9.17, 15) is 242 Å². The summed E-state index contributed by atoms with van der Waals surface area (Å²) in [5.74, 6) is -232. The summed E-state index contributed by atoms with van der Waals surface area (Å²) in [4.78, 5) is 9.05. The molecule has 0 aromatic heterocycles. The van der Waals surface area contributed by atoms with Gasteiger partial charge in [-0.1, -0.05) is 0 Å². The van der Waals surface area contributed by atoms with E-state index in [1.165, 1.54) is 0 Å². The first-order valence-electron chi connectivity index (χ1n) is 19.2. The van der Waals surface area contributed by atoms with Crippen LogP contribution in [0.25, 0.3) is 0 Å².